The Kier molecular flexibility index (Phi) is 3.04. The van der Waals surface area contributed by atoms with Gasteiger partial charge in [0.25, 0.3) is 5.91 Å². The molecule has 0 unspecified atom stereocenters. The van der Waals surface area contributed by atoms with Gasteiger partial charge < -0.3 is 9.73 Å². The van der Waals surface area contributed by atoms with Crippen LogP contribution in [-0.4, -0.2) is 11.9 Å². The number of benzene rings is 1. The van der Waals surface area contributed by atoms with Crippen LogP contribution >= 0.6 is 11.6 Å². The zero-order valence-electron chi connectivity index (χ0n) is 10.1. The SMILES string of the molecule is O=C1NC(=O)/C(=C\c2ccc(-c3cccc(Cl)c3)o2)N1. The molecule has 1 aliphatic rings. The summed E-state index contributed by atoms with van der Waals surface area (Å²) in [6, 6.07) is 10.2. The number of rotatable bonds is 2. The fourth-order valence-electron chi connectivity index (χ4n) is 1.85. The largest absolute Gasteiger partial charge is 0.457 e. The van der Waals surface area contributed by atoms with E-state index in [9.17, 15) is 9.59 Å². The van der Waals surface area contributed by atoms with E-state index < -0.39 is 11.9 Å². The van der Waals surface area contributed by atoms with E-state index in [1.807, 2.05) is 12.1 Å². The molecular formula is C14H9ClN2O3. The molecule has 1 aromatic carbocycles. The molecule has 3 amide bonds. The lowest BCUT2D eigenvalue weighted by molar-refractivity contribution is -0.115. The van der Waals surface area contributed by atoms with Crippen molar-refractivity contribution in [3.8, 4) is 11.3 Å². The van der Waals surface area contributed by atoms with E-state index in [4.69, 9.17) is 16.0 Å². The van der Waals surface area contributed by atoms with Crippen molar-refractivity contribution in [3.05, 3.63) is 52.9 Å². The number of imide groups is 1. The van der Waals surface area contributed by atoms with Crippen LogP contribution in [0.15, 0.2) is 46.5 Å². The van der Waals surface area contributed by atoms with E-state index in [-0.39, 0.29) is 5.70 Å². The summed E-state index contributed by atoms with van der Waals surface area (Å²) in [4.78, 5) is 22.4. The average molecular weight is 289 g/mol. The maximum Gasteiger partial charge on any atom is 0.326 e. The molecule has 0 aliphatic carbocycles. The second-order valence-electron chi connectivity index (χ2n) is 4.18. The molecule has 20 heavy (non-hydrogen) atoms. The molecule has 0 spiro atoms. The number of amides is 3. The van der Waals surface area contributed by atoms with Gasteiger partial charge in [0.15, 0.2) is 0 Å². The maximum absolute atomic E-state index is 11.4. The third-order valence-corrected chi connectivity index (χ3v) is 2.98. The first-order valence-corrected chi connectivity index (χ1v) is 6.19. The van der Waals surface area contributed by atoms with E-state index in [0.29, 0.717) is 16.5 Å². The van der Waals surface area contributed by atoms with Gasteiger partial charge in [-0.2, -0.15) is 0 Å². The standard InChI is InChI=1S/C14H9ClN2O3/c15-9-3-1-2-8(6-9)12-5-4-10(20-12)7-11-13(18)17-14(19)16-11/h1-7H,(H2,16,17,18,19)/b11-7+. The highest BCUT2D eigenvalue weighted by Crippen LogP contribution is 2.25. The molecule has 1 aromatic heterocycles. The van der Waals surface area contributed by atoms with Crippen molar-refractivity contribution in [3.63, 3.8) is 0 Å². The highest BCUT2D eigenvalue weighted by atomic mass is 35.5. The van der Waals surface area contributed by atoms with Crippen molar-refractivity contribution in [1.82, 2.24) is 10.6 Å². The fraction of sp³-hybridized carbons (Fsp3) is 0. The number of hydrogen-bond acceptors (Lipinski definition) is 3. The summed E-state index contributed by atoms with van der Waals surface area (Å²) < 4.78 is 5.60. The Morgan fingerprint density at radius 2 is 1.95 bits per heavy atom. The number of nitrogens with one attached hydrogen (secondary N) is 2. The molecule has 1 aliphatic heterocycles. The minimum Gasteiger partial charge on any atom is -0.457 e. The van der Waals surface area contributed by atoms with Gasteiger partial charge in [0.2, 0.25) is 0 Å². The minimum atomic E-state index is -0.539. The molecule has 3 rings (SSSR count). The van der Waals surface area contributed by atoms with Gasteiger partial charge in [-0.05, 0) is 24.3 Å². The summed E-state index contributed by atoms with van der Waals surface area (Å²) in [5.41, 5.74) is 0.990. The maximum atomic E-state index is 11.4. The lowest BCUT2D eigenvalue weighted by atomic mass is 10.2. The summed E-state index contributed by atoms with van der Waals surface area (Å²) >= 11 is 5.92. The number of halogens is 1. The molecule has 6 heteroatoms. The van der Waals surface area contributed by atoms with Crippen molar-refractivity contribution in [1.29, 1.82) is 0 Å². The zero-order chi connectivity index (χ0) is 14.1. The van der Waals surface area contributed by atoms with Gasteiger partial charge in [0, 0.05) is 16.7 Å². The van der Waals surface area contributed by atoms with Crippen LogP contribution in [-0.2, 0) is 4.79 Å². The monoisotopic (exact) mass is 288 g/mol. The summed E-state index contributed by atoms with van der Waals surface area (Å²) in [6.07, 6.45) is 1.47. The molecule has 2 N–H and O–H groups in total. The molecular weight excluding hydrogens is 280 g/mol. The molecule has 100 valence electrons. The van der Waals surface area contributed by atoms with Crippen LogP contribution < -0.4 is 10.6 Å². The van der Waals surface area contributed by atoms with Gasteiger partial charge in [-0.15, -0.1) is 0 Å². The van der Waals surface area contributed by atoms with Gasteiger partial charge in [0.1, 0.15) is 17.2 Å². The topological polar surface area (TPSA) is 71.3 Å². The van der Waals surface area contributed by atoms with Crippen molar-refractivity contribution in [2.75, 3.05) is 0 Å². The Bertz CT molecular complexity index is 734. The first-order chi connectivity index (χ1) is 9.61. The summed E-state index contributed by atoms with van der Waals surface area (Å²) in [7, 11) is 0. The molecule has 0 saturated carbocycles. The Hall–Kier alpha value is -2.53. The fourth-order valence-corrected chi connectivity index (χ4v) is 2.04. The van der Waals surface area contributed by atoms with Crippen LogP contribution in [0, 0.1) is 0 Å². The summed E-state index contributed by atoms with van der Waals surface area (Å²) in [5, 5.41) is 5.12. The van der Waals surface area contributed by atoms with Gasteiger partial charge in [-0.3, -0.25) is 10.1 Å². The lowest BCUT2D eigenvalue weighted by Crippen LogP contribution is -2.22. The number of furan rings is 1. The molecule has 5 nitrogen and oxygen atoms in total. The Balaban J connectivity index is 1.89. The highest BCUT2D eigenvalue weighted by Gasteiger charge is 2.23. The predicted octanol–water partition coefficient (Wildman–Crippen LogP) is 2.78. The summed E-state index contributed by atoms with van der Waals surface area (Å²) in [6.45, 7) is 0. The van der Waals surface area contributed by atoms with E-state index in [1.165, 1.54) is 6.08 Å². The molecule has 0 radical (unpaired) electrons. The molecule has 1 fully saturated rings. The third-order valence-electron chi connectivity index (χ3n) is 2.74. The molecule has 1 saturated heterocycles. The summed E-state index contributed by atoms with van der Waals surface area (Å²) in [5.74, 6) is 0.618. The molecule has 0 bridgehead atoms. The van der Waals surface area contributed by atoms with Gasteiger partial charge in [-0.25, -0.2) is 4.79 Å². The number of carbonyl (C=O) groups is 2. The van der Waals surface area contributed by atoms with Crippen LogP contribution in [0.3, 0.4) is 0 Å². The number of carbonyl (C=O) groups excluding carboxylic acids is 2. The normalized spacial score (nSPS) is 16.4. The molecule has 2 heterocycles. The van der Waals surface area contributed by atoms with E-state index in [1.54, 1.807) is 24.3 Å². The predicted molar refractivity (Wildman–Crippen MR) is 73.8 cm³/mol. The Labute approximate surface area is 119 Å². The Morgan fingerprint density at radius 3 is 2.65 bits per heavy atom. The van der Waals surface area contributed by atoms with Gasteiger partial charge in [-0.1, -0.05) is 23.7 Å². The molecule has 0 atom stereocenters. The quantitative estimate of drug-likeness (QED) is 0.659. The van der Waals surface area contributed by atoms with Crippen LogP contribution in [0.2, 0.25) is 5.02 Å². The first-order valence-electron chi connectivity index (χ1n) is 5.81. The number of hydrogen-bond donors (Lipinski definition) is 2. The second kappa shape index (κ2) is 4.86. The van der Waals surface area contributed by atoms with Crippen LogP contribution in [0.1, 0.15) is 5.76 Å². The molecule has 2 aromatic rings. The smallest absolute Gasteiger partial charge is 0.326 e. The second-order valence-corrected chi connectivity index (χ2v) is 4.62. The average Bonchev–Trinajstić information content (AvgIpc) is 2.97. The van der Waals surface area contributed by atoms with E-state index in [2.05, 4.69) is 10.6 Å². The third kappa shape index (κ3) is 2.44. The Morgan fingerprint density at radius 1 is 1.10 bits per heavy atom. The van der Waals surface area contributed by atoms with Crippen LogP contribution in [0.25, 0.3) is 17.4 Å². The van der Waals surface area contributed by atoms with Crippen molar-refractivity contribution < 1.29 is 14.0 Å². The van der Waals surface area contributed by atoms with Gasteiger partial charge >= 0.3 is 6.03 Å². The van der Waals surface area contributed by atoms with Crippen LogP contribution in [0.5, 0.6) is 0 Å². The minimum absolute atomic E-state index is 0.155. The van der Waals surface area contributed by atoms with Crippen LogP contribution in [0.4, 0.5) is 4.79 Å². The van der Waals surface area contributed by atoms with E-state index in [0.717, 1.165) is 5.56 Å². The van der Waals surface area contributed by atoms with Crippen molar-refractivity contribution in [2.24, 2.45) is 0 Å². The van der Waals surface area contributed by atoms with Gasteiger partial charge in [0.05, 0.1) is 0 Å². The van der Waals surface area contributed by atoms with Crippen molar-refractivity contribution >= 4 is 29.6 Å². The number of urea groups is 1. The van der Waals surface area contributed by atoms with E-state index >= 15 is 0 Å². The first kappa shape index (κ1) is 12.5. The zero-order valence-corrected chi connectivity index (χ0v) is 10.9. The highest BCUT2D eigenvalue weighted by molar-refractivity contribution is 6.30. The lowest BCUT2D eigenvalue weighted by Gasteiger charge is -1.97. The van der Waals surface area contributed by atoms with Crippen molar-refractivity contribution in [2.45, 2.75) is 0 Å².